The fraction of sp³-hybridized carbons (Fsp3) is 0.393. The van der Waals surface area contributed by atoms with Crippen LogP contribution in [0, 0.1) is 19.7 Å². The molecule has 11 rings (SSSR count). The lowest BCUT2D eigenvalue weighted by molar-refractivity contribution is -0.139. The van der Waals surface area contributed by atoms with Gasteiger partial charge < -0.3 is 45.6 Å². The van der Waals surface area contributed by atoms with Crippen LogP contribution in [0.2, 0.25) is 0 Å². The number of aryl methyl sites for hydroxylation is 1. The predicted octanol–water partition coefficient (Wildman–Crippen LogP) is 7.71. The summed E-state index contributed by atoms with van der Waals surface area (Å²) in [7, 11) is 1.64. The number of hydrogen-bond acceptors (Lipinski definition) is 16. The number of carbonyl (C=O) groups excluding carboxylic acids is 2. The van der Waals surface area contributed by atoms with E-state index in [1.165, 1.54) is 23.5 Å². The number of nitrogens with one attached hydrogen (secondary N) is 3. The van der Waals surface area contributed by atoms with Crippen molar-refractivity contribution in [2.75, 3.05) is 38.3 Å². The zero-order valence-corrected chi connectivity index (χ0v) is 46.4. The summed E-state index contributed by atoms with van der Waals surface area (Å²) >= 11 is 0. The second-order valence-corrected chi connectivity index (χ2v) is 21.9. The maximum absolute atomic E-state index is 16.1. The highest BCUT2D eigenvalue weighted by atomic mass is 19.1. The van der Waals surface area contributed by atoms with E-state index in [1.807, 2.05) is 69.3 Å². The topological polar surface area (TPSA) is 244 Å². The molecule has 7 aromatic rings. The van der Waals surface area contributed by atoms with Gasteiger partial charge in [0, 0.05) is 83.7 Å². The molecule has 81 heavy (non-hydrogen) atoms. The van der Waals surface area contributed by atoms with Crippen LogP contribution in [-0.2, 0) is 20.9 Å². The summed E-state index contributed by atoms with van der Waals surface area (Å²) in [5.74, 6) is 6.35. The molecule has 0 radical (unpaired) electrons. The number of halogens is 1. The van der Waals surface area contributed by atoms with Crippen LogP contribution in [0.3, 0.4) is 0 Å². The molecule has 20 heteroatoms. The SMILES string of the molecule is C=C(C)[C@H](N=C/C(=N\N)c1ccc(COc2c(-c3c(C)c(F)cc4[nH]ncc34)c(C3CC3)cc3c(N4C[C@@H]5C[C@H]4CN5)nc(O[C@H](C)[C@@H](C)OC)nc23)cc1)C(=O)N1CCC[C@H]1C(=O)N[C@@H](CO)c1ccc(-c2cncnc2C)cc1. The Bertz CT molecular complexity index is 3590. The van der Waals surface area contributed by atoms with E-state index in [1.54, 1.807) is 33.4 Å². The number of nitrogens with two attached hydrogens (primary N) is 1. The van der Waals surface area contributed by atoms with E-state index in [0.717, 1.165) is 82.5 Å². The summed E-state index contributed by atoms with van der Waals surface area (Å²) in [4.78, 5) is 55.6. The Labute approximate surface area is 469 Å². The van der Waals surface area contributed by atoms with Crippen molar-refractivity contribution in [3.63, 3.8) is 0 Å². The summed E-state index contributed by atoms with van der Waals surface area (Å²) in [6, 6.07) is 16.9. The molecule has 2 amide bonds. The number of likely N-dealkylation sites (tertiary alicyclic amines) is 1. The molecule has 3 aliphatic heterocycles. The van der Waals surface area contributed by atoms with Crippen molar-refractivity contribution < 1.29 is 33.3 Å². The Morgan fingerprint density at radius 2 is 1.81 bits per heavy atom. The second kappa shape index (κ2) is 23.1. The molecule has 4 aliphatic rings. The molecule has 2 bridgehead atoms. The number of aliphatic hydroxyl groups is 1. The van der Waals surface area contributed by atoms with Crippen molar-refractivity contribution in [2.45, 2.75) is 122 Å². The van der Waals surface area contributed by atoms with Crippen molar-refractivity contribution in [3.8, 4) is 34.0 Å². The number of hydrazone groups is 1. The third kappa shape index (κ3) is 10.9. The molecule has 6 N–H and O–H groups in total. The van der Waals surface area contributed by atoms with Crippen LogP contribution in [0.1, 0.15) is 98.3 Å². The average molecular weight is 1100 g/mol. The van der Waals surface area contributed by atoms with Gasteiger partial charge in [-0.3, -0.25) is 19.7 Å². The molecule has 7 atom stereocenters. The lowest BCUT2D eigenvalue weighted by Crippen LogP contribution is -2.50. The zero-order valence-electron chi connectivity index (χ0n) is 46.4. The van der Waals surface area contributed by atoms with E-state index in [-0.39, 0.29) is 61.0 Å². The van der Waals surface area contributed by atoms with E-state index in [0.29, 0.717) is 75.7 Å². The number of ether oxygens (including phenoxy) is 3. The van der Waals surface area contributed by atoms with Gasteiger partial charge in [0.05, 0.1) is 36.7 Å². The first-order chi connectivity index (χ1) is 39.2. The Morgan fingerprint density at radius 1 is 1.02 bits per heavy atom. The van der Waals surface area contributed by atoms with Gasteiger partial charge in [-0.1, -0.05) is 55.1 Å². The molecular weight excluding hydrogens is 1030 g/mol. The first kappa shape index (κ1) is 54.7. The molecule has 4 fully saturated rings. The van der Waals surface area contributed by atoms with Gasteiger partial charge in [0.15, 0.2) is 5.75 Å². The van der Waals surface area contributed by atoms with Gasteiger partial charge in [-0.25, -0.2) is 14.4 Å². The van der Waals surface area contributed by atoms with Gasteiger partial charge in [-0.15, -0.1) is 0 Å². The second-order valence-electron chi connectivity index (χ2n) is 21.9. The van der Waals surface area contributed by atoms with Crippen molar-refractivity contribution in [1.29, 1.82) is 0 Å². The Morgan fingerprint density at radius 3 is 2.49 bits per heavy atom. The predicted molar refractivity (Wildman–Crippen MR) is 309 cm³/mol. The molecule has 0 spiro atoms. The normalized spacial score (nSPS) is 19.6. The van der Waals surface area contributed by atoms with Crippen LogP contribution in [-0.4, -0.2) is 134 Å². The van der Waals surface area contributed by atoms with Crippen molar-refractivity contribution in [3.05, 3.63) is 131 Å². The molecule has 3 saturated heterocycles. The minimum atomic E-state index is -1.03. The van der Waals surface area contributed by atoms with E-state index in [4.69, 9.17) is 30.0 Å². The first-order valence-electron chi connectivity index (χ1n) is 27.7. The molecule has 1 saturated carbocycles. The number of amides is 2. The van der Waals surface area contributed by atoms with Crippen LogP contribution < -0.4 is 30.8 Å². The minimum Gasteiger partial charge on any atom is -0.486 e. The van der Waals surface area contributed by atoms with Crippen LogP contribution in [0.25, 0.3) is 44.1 Å². The van der Waals surface area contributed by atoms with Crippen LogP contribution in [0.5, 0.6) is 11.8 Å². The molecule has 0 unspecified atom stereocenters. The molecule has 6 heterocycles. The van der Waals surface area contributed by atoms with Crippen molar-refractivity contribution in [1.82, 2.24) is 45.7 Å². The Kier molecular flexibility index (Phi) is 15.6. The minimum absolute atomic E-state index is 0.0967. The van der Waals surface area contributed by atoms with E-state index < -0.39 is 18.1 Å². The summed E-state index contributed by atoms with van der Waals surface area (Å²) in [6.07, 6.45) is 9.77. The molecule has 1 aliphatic carbocycles. The van der Waals surface area contributed by atoms with Crippen molar-refractivity contribution >= 4 is 51.4 Å². The van der Waals surface area contributed by atoms with Gasteiger partial charge in [-0.2, -0.15) is 20.2 Å². The molecule has 420 valence electrons. The number of fused-ring (bicyclic) bond motifs is 4. The molecular formula is C61H68FN13O6. The largest absolute Gasteiger partial charge is 0.486 e. The summed E-state index contributed by atoms with van der Waals surface area (Å²) in [5.41, 5.74) is 9.58. The van der Waals surface area contributed by atoms with Gasteiger partial charge in [0.2, 0.25) is 5.91 Å². The number of piperazine rings is 1. The smallest absolute Gasteiger partial charge is 0.319 e. The number of aliphatic imine (C=N–C) groups is 1. The number of hydrogen-bond donors (Lipinski definition) is 5. The zero-order chi connectivity index (χ0) is 56.6. The highest BCUT2D eigenvalue weighted by Crippen LogP contribution is 2.53. The quantitative estimate of drug-likeness (QED) is 0.0213. The Balaban J connectivity index is 0.860. The first-order valence-corrected chi connectivity index (χ1v) is 27.7. The summed E-state index contributed by atoms with van der Waals surface area (Å²) in [6.45, 7) is 15.1. The number of aromatic nitrogens is 6. The highest BCUT2D eigenvalue weighted by Gasteiger charge is 2.42. The van der Waals surface area contributed by atoms with Gasteiger partial charge >= 0.3 is 6.01 Å². The number of aromatic amines is 1. The summed E-state index contributed by atoms with van der Waals surface area (Å²) in [5, 5.41) is 30.0. The third-order valence-electron chi connectivity index (χ3n) is 16.5. The number of aliphatic hydroxyl groups excluding tert-OH is 1. The fourth-order valence-electron chi connectivity index (χ4n) is 11.6. The summed E-state index contributed by atoms with van der Waals surface area (Å²) < 4.78 is 35.4. The lowest BCUT2D eigenvalue weighted by atomic mass is 9.88. The molecule has 19 nitrogen and oxygen atoms in total. The number of H-pyrrole nitrogens is 1. The van der Waals surface area contributed by atoms with E-state index >= 15 is 4.39 Å². The van der Waals surface area contributed by atoms with E-state index in [9.17, 15) is 14.7 Å². The lowest BCUT2D eigenvalue weighted by Gasteiger charge is -2.31. The number of carbonyl (C=O) groups is 2. The van der Waals surface area contributed by atoms with Crippen LogP contribution in [0.4, 0.5) is 10.2 Å². The number of methoxy groups -OCH3 is 1. The maximum Gasteiger partial charge on any atom is 0.319 e. The number of rotatable bonds is 20. The van der Waals surface area contributed by atoms with Gasteiger partial charge in [0.1, 0.15) is 54.0 Å². The molecule has 3 aromatic heterocycles. The third-order valence-corrected chi connectivity index (χ3v) is 16.5. The highest BCUT2D eigenvalue weighted by molar-refractivity contribution is 6.38. The van der Waals surface area contributed by atoms with Gasteiger partial charge in [-0.05, 0) is 118 Å². The maximum atomic E-state index is 16.1. The standard InChI is InChI=1S/C61H68FN13O6/c1-32(2)55(60(78)74-20-8-9-52(74)59(77)69-51(29-76)41-18-16-39(17-19-41)46-25-64-31-67-34(46)4)66-27-50(72-63)40-12-10-37(11-13-40)30-80-57-54(53-33(3)48(62)23-49-47(53)26-68-73-49)44(38-14-15-38)22-45-56(57)70-61(81-36(6)35(5)79-7)71-58(45)75-28-42-21-43(75)24-65-42/h10-13,16-19,22-23,25-27,31,35-36,38,42-43,51-52,55,65,76H,1,8-9,14-15,20-21,24,28-30,63H2,2-7H3,(H,68,73)(H,69,77)/b66-27?,72-50+/t35-,36-,42+,43+,51+,52+,55+/m1/s1. The van der Waals surface area contributed by atoms with E-state index in [2.05, 4.69) is 58.4 Å². The van der Waals surface area contributed by atoms with Gasteiger partial charge in [0.25, 0.3) is 5.91 Å². The van der Waals surface area contributed by atoms with Crippen molar-refractivity contribution in [2.24, 2.45) is 15.9 Å². The fourth-order valence-corrected chi connectivity index (χ4v) is 11.6. The Hall–Kier alpha value is -8.20. The monoisotopic (exact) mass is 1100 g/mol. The number of benzene rings is 4. The number of anilines is 1. The number of nitrogens with zero attached hydrogens (tertiary/aromatic N) is 9. The molecule has 4 aromatic carbocycles. The average Bonchev–Trinajstić information content (AvgIpc) is 3.83. The van der Waals surface area contributed by atoms with Crippen LogP contribution >= 0.6 is 0 Å². The van der Waals surface area contributed by atoms with Crippen LogP contribution in [0.15, 0.2) is 102 Å².